The minimum absolute atomic E-state index is 0.626. The number of nitrogens with one attached hydrogen (secondary N) is 1. The van der Waals surface area contributed by atoms with Gasteiger partial charge in [0.1, 0.15) is 11.5 Å². The van der Waals surface area contributed by atoms with Crippen molar-refractivity contribution in [2.24, 2.45) is 5.92 Å². The zero-order valence-electron chi connectivity index (χ0n) is 11.8. The molecular formula is C16H19ClN2O. The summed E-state index contributed by atoms with van der Waals surface area (Å²) in [7, 11) is 0. The van der Waals surface area contributed by atoms with Gasteiger partial charge >= 0.3 is 0 Å². The molecule has 0 aliphatic heterocycles. The molecule has 0 amide bonds. The van der Waals surface area contributed by atoms with Gasteiger partial charge in [0.2, 0.25) is 0 Å². The molecule has 0 unspecified atom stereocenters. The van der Waals surface area contributed by atoms with E-state index in [9.17, 15) is 0 Å². The number of nitrogens with zero attached hydrogens (tertiary/aromatic N) is 1. The van der Waals surface area contributed by atoms with Gasteiger partial charge in [-0.3, -0.25) is 4.98 Å². The second kappa shape index (κ2) is 7.27. The summed E-state index contributed by atoms with van der Waals surface area (Å²) < 4.78 is 5.78. The van der Waals surface area contributed by atoms with Gasteiger partial charge in [0.25, 0.3) is 0 Å². The summed E-state index contributed by atoms with van der Waals surface area (Å²) >= 11 is 5.94. The molecule has 0 spiro atoms. The lowest BCUT2D eigenvalue weighted by atomic mass is 10.2. The summed E-state index contributed by atoms with van der Waals surface area (Å²) in [4.78, 5) is 4.33. The Labute approximate surface area is 124 Å². The van der Waals surface area contributed by atoms with E-state index in [0.717, 1.165) is 30.3 Å². The maximum absolute atomic E-state index is 5.94. The van der Waals surface area contributed by atoms with E-state index in [-0.39, 0.29) is 0 Å². The Balaban J connectivity index is 1.99. The Morgan fingerprint density at radius 2 is 2.00 bits per heavy atom. The molecule has 1 N–H and O–H groups in total. The predicted octanol–water partition coefficient (Wildman–Crippen LogP) is 4.27. The molecule has 1 heterocycles. The van der Waals surface area contributed by atoms with Crippen molar-refractivity contribution < 1.29 is 4.74 Å². The molecule has 3 nitrogen and oxygen atoms in total. The van der Waals surface area contributed by atoms with Crippen LogP contribution < -0.4 is 10.1 Å². The largest absolute Gasteiger partial charge is 0.457 e. The van der Waals surface area contributed by atoms with Crippen LogP contribution in [0.5, 0.6) is 11.5 Å². The highest BCUT2D eigenvalue weighted by molar-refractivity contribution is 6.30. The Morgan fingerprint density at radius 3 is 2.75 bits per heavy atom. The van der Waals surface area contributed by atoms with Crippen LogP contribution in [-0.4, -0.2) is 11.5 Å². The van der Waals surface area contributed by atoms with E-state index in [1.54, 1.807) is 12.3 Å². The molecule has 2 aromatic rings. The molecule has 20 heavy (non-hydrogen) atoms. The molecule has 4 heteroatoms. The first kappa shape index (κ1) is 14.8. The van der Waals surface area contributed by atoms with Gasteiger partial charge in [0.15, 0.2) is 0 Å². The van der Waals surface area contributed by atoms with Gasteiger partial charge in [-0.1, -0.05) is 31.5 Å². The van der Waals surface area contributed by atoms with Crippen molar-refractivity contribution in [2.45, 2.75) is 20.4 Å². The van der Waals surface area contributed by atoms with E-state index in [4.69, 9.17) is 16.3 Å². The molecule has 0 aliphatic rings. The molecule has 0 saturated heterocycles. The normalized spacial score (nSPS) is 10.8. The first-order valence-corrected chi connectivity index (χ1v) is 7.10. The number of pyridine rings is 1. The minimum atomic E-state index is 0.626. The van der Waals surface area contributed by atoms with E-state index in [0.29, 0.717) is 10.9 Å². The molecule has 1 aromatic carbocycles. The molecule has 0 radical (unpaired) electrons. The number of halogens is 1. The van der Waals surface area contributed by atoms with Gasteiger partial charge in [-0.25, -0.2) is 0 Å². The van der Waals surface area contributed by atoms with Crippen molar-refractivity contribution >= 4 is 11.6 Å². The van der Waals surface area contributed by atoms with Crippen LogP contribution in [0.4, 0.5) is 0 Å². The predicted molar refractivity (Wildman–Crippen MR) is 82.3 cm³/mol. The van der Waals surface area contributed by atoms with Crippen molar-refractivity contribution in [3.63, 3.8) is 0 Å². The molecule has 106 valence electrons. The lowest BCUT2D eigenvalue weighted by Crippen LogP contribution is -2.19. The molecular weight excluding hydrogens is 272 g/mol. The number of ether oxygens (including phenoxy) is 1. The Bertz CT molecular complexity index is 558. The fourth-order valence-corrected chi connectivity index (χ4v) is 1.95. The SMILES string of the molecule is CC(C)CNCc1cc(Oc2cccc(Cl)c2)ccn1. The Morgan fingerprint density at radius 1 is 1.20 bits per heavy atom. The van der Waals surface area contributed by atoms with Crippen LogP contribution in [0.3, 0.4) is 0 Å². The van der Waals surface area contributed by atoms with Crippen LogP contribution >= 0.6 is 11.6 Å². The molecule has 0 aliphatic carbocycles. The second-order valence-corrected chi connectivity index (χ2v) is 5.50. The summed E-state index contributed by atoms with van der Waals surface area (Å²) in [5.41, 5.74) is 0.963. The van der Waals surface area contributed by atoms with Crippen LogP contribution in [-0.2, 0) is 6.54 Å². The molecule has 0 fully saturated rings. The van der Waals surface area contributed by atoms with Crippen molar-refractivity contribution in [3.05, 3.63) is 53.3 Å². The number of rotatable bonds is 6. The fourth-order valence-electron chi connectivity index (χ4n) is 1.77. The summed E-state index contributed by atoms with van der Waals surface area (Å²) in [5.74, 6) is 2.12. The standard InChI is InChI=1S/C16H19ClN2O/c1-12(2)10-18-11-14-9-16(6-7-19-14)20-15-5-3-4-13(17)8-15/h3-9,12,18H,10-11H2,1-2H3. The van der Waals surface area contributed by atoms with Crippen molar-refractivity contribution in [2.75, 3.05) is 6.54 Å². The van der Waals surface area contributed by atoms with Gasteiger partial charge in [-0.15, -0.1) is 0 Å². The smallest absolute Gasteiger partial charge is 0.130 e. The highest BCUT2D eigenvalue weighted by atomic mass is 35.5. The van der Waals surface area contributed by atoms with Crippen molar-refractivity contribution in [3.8, 4) is 11.5 Å². The maximum atomic E-state index is 5.94. The van der Waals surface area contributed by atoms with Crippen LogP contribution in [0.25, 0.3) is 0 Å². The third kappa shape index (κ3) is 4.83. The van der Waals surface area contributed by atoms with Crippen molar-refractivity contribution in [1.29, 1.82) is 0 Å². The monoisotopic (exact) mass is 290 g/mol. The average Bonchev–Trinajstić information content (AvgIpc) is 2.39. The van der Waals surface area contributed by atoms with E-state index in [2.05, 4.69) is 24.1 Å². The minimum Gasteiger partial charge on any atom is -0.457 e. The van der Waals surface area contributed by atoms with Gasteiger partial charge in [0.05, 0.1) is 5.69 Å². The summed E-state index contributed by atoms with van der Waals surface area (Å²) in [6.45, 7) is 6.07. The van der Waals surface area contributed by atoms with Crippen molar-refractivity contribution in [1.82, 2.24) is 10.3 Å². The molecule has 1 aromatic heterocycles. The third-order valence-corrected chi connectivity index (χ3v) is 2.91. The zero-order valence-corrected chi connectivity index (χ0v) is 12.5. The molecule has 2 rings (SSSR count). The lowest BCUT2D eigenvalue weighted by Gasteiger charge is -2.09. The number of aromatic nitrogens is 1. The number of benzene rings is 1. The Hall–Kier alpha value is -1.58. The Kier molecular flexibility index (Phi) is 5.39. The fraction of sp³-hybridized carbons (Fsp3) is 0.312. The van der Waals surface area contributed by atoms with Gasteiger partial charge < -0.3 is 10.1 Å². The molecule has 0 saturated carbocycles. The third-order valence-electron chi connectivity index (χ3n) is 2.68. The highest BCUT2D eigenvalue weighted by Crippen LogP contribution is 2.24. The van der Waals surface area contributed by atoms with Crippen LogP contribution in [0.1, 0.15) is 19.5 Å². The summed E-state index contributed by atoms with van der Waals surface area (Å²) in [6, 6.07) is 11.1. The van der Waals surface area contributed by atoms with Gasteiger partial charge in [-0.2, -0.15) is 0 Å². The zero-order chi connectivity index (χ0) is 14.4. The molecule has 0 atom stereocenters. The first-order chi connectivity index (χ1) is 9.63. The number of hydrogen-bond acceptors (Lipinski definition) is 3. The first-order valence-electron chi connectivity index (χ1n) is 6.72. The lowest BCUT2D eigenvalue weighted by molar-refractivity contribution is 0.479. The topological polar surface area (TPSA) is 34.1 Å². The van der Waals surface area contributed by atoms with E-state index >= 15 is 0 Å². The second-order valence-electron chi connectivity index (χ2n) is 5.07. The summed E-state index contributed by atoms with van der Waals surface area (Å²) in [5, 5.41) is 4.02. The summed E-state index contributed by atoms with van der Waals surface area (Å²) in [6.07, 6.45) is 1.76. The van der Waals surface area contributed by atoms with E-state index in [1.807, 2.05) is 30.3 Å². The van der Waals surface area contributed by atoms with Gasteiger partial charge in [-0.05, 0) is 36.7 Å². The quantitative estimate of drug-likeness (QED) is 0.862. The van der Waals surface area contributed by atoms with Crippen LogP contribution in [0, 0.1) is 5.92 Å². The average molecular weight is 291 g/mol. The van der Waals surface area contributed by atoms with E-state index < -0.39 is 0 Å². The highest BCUT2D eigenvalue weighted by Gasteiger charge is 2.01. The van der Waals surface area contributed by atoms with Crippen LogP contribution in [0.15, 0.2) is 42.6 Å². The number of hydrogen-bond donors (Lipinski definition) is 1. The van der Waals surface area contributed by atoms with E-state index in [1.165, 1.54) is 0 Å². The molecule has 0 bridgehead atoms. The van der Waals surface area contributed by atoms with Gasteiger partial charge in [0, 0.05) is 23.8 Å². The van der Waals surface area contributed by atoms with Crippen LogP contribution in [0.2, 0.25) is 5.02 Å². The maximum Gasteiger partial charge on any atom is 0.130 e.